The summed E-state index contributed by atoms with van der Waals surface area (Å²) < 4.78 is 10.2. The Kier molecular flexibility index (Phi) is 5.65. The van der Waals surface area contributed by atoms with E-state index in [0.29, 0.717) is 12.5 Å². The maximum absolute atomic E-state index is 5.29. The number of hydrogen-bond acceptors (Lipinski definition) is 2. The van der Waals surface area contributed by atoms with Crippen LogP contribution in [0.2, 0.25) is 0 Å². The number of ether oxygens (including phenoxy) is 2. The fourth-order valence-corrected chi connectivity index (χ4v) is 1.43. The van der Waals surface area contributed by atoms with Crippen LogP contribution in [0.25, 0.3) is 0 Å². The number of rotatable bonds is 7. The highest BCUT2D eigenvalue weighted by Crippen LogP contribution is 2.18. The Morgan fingerprint density at radius 1 is 1.31 bits per heavy atom. The summed E-state index contributed by atoms with van der Waals surface area (Å²) in [6.45, 7) is 8.72. The average Bonchev–Trinajstić information content (AvgIpc) is 2.34. The summed E-state index contributed by atoms with van der Waals surface area (Å²) in [6, 6.07) is 8.55. The zero-order valence-electron chi connectivity index (χ0n) is 10.1. The second-order valence-electron chi connectivity index (χ2n) is 3.85. The Morgan fingerprint density at radius 2 is 2.00 bits per heavy atom. The molecule has 0 N–H and O–H groups in total. The Morgan fingerprint density at radius 3 is 2.56 bits per heavy atom. The lowest BCUT2D eigenvalue weighted by Gasteiger charge is -2.09. The maximum atomic E-state index is 5.29. The van der Waals surface area contributed by atoms with E-state index in [4.69, 9.17) is 9.47 Å². The summed E-state index contributed by atoms with van der Waals surface area (Å²) in [7, 11) is 0. The Labute approximate surface area is 97.9 Å². The van der Waals surface area contributed by atoms with Crippen molar-refractivity contribution in [2.45, 2.75) is 32.8 Å². The standard InChI is InChI=1S/C14H20O2/c1-4-12(3)14-8-6-13(7-9-14)10-16-11-15-5-2/h5-9,12H,2,4,10-11H2,1,3H3. The first-order valence-electron chi connectivity index (χ1n) is 5.67. The topological polar surface area (TPSA) is 18.5 Å². The van der Waals surface area contributed by atoms with Gasteiger partial charge >= 0.3 is 0 Å². The van der Waals surface area contributed by atoms with Crippen LogP contribution in [0.5, 0.6) is 0 Å². The summed E-state index contributed by atoms with van der Waals surface area (Å²) in [5.41, 5.74) is 2.55. The van der Waals surface area contributed by atoms with Crippen molar-refractivity contribution >= 4 is 0 Å². The van der Waals surface area contributed by atoms with Crippen molar-refractivity contribution in [3.05, 3.63) is 48.2 Å². The van der Waals surface area contributed by atoms with E-state index in [1.54, 1.807) is 0 Å². The van der Waals surface area contributed by atoms with E-state index in [-0.39, 0.29) is 6.79 Å². The number of hydrogen-bond donors (Lipinski definition) is 0. The van der Waals surface area contributed by atoms with Gasteiger partial charge < -0.3 is 9.47 Å². The van der Waals surface area contributed by atoms with Crippen LogP contribution in [-0.2, 0) is 16.1 Å². The molecule has 0 radical (unpaired) electrons. The zero-order valence-corrected chi connectivity index (χ0v) is 10.1. The predicted molar refractivity (Wildman–Crippen MR) is 66.1 cm³/mol. The van der Waals surface area contributed by atoms with Crippen molar-refractivity contribution in [2.24, 2.45) is 0 Å². The summed E-state index contributed by atoms with van der Waals surface area (Å²) >= 11 is 0. The van der Waals surface area contributed by atoms with Gasteiger partial charge in [0.15, 0.2) is 6.79 Å². The van der Waals surface area contributed by atoms with Crippen LogP contribution in [0.1, 0.15) is 37.3 Å². The zero-order chi connectivity index (χ0) is 11.8. The molecule has 0 aliphatic heterocycles. The molecule has 2 nitrogen and oxygen atoms in total. The fourth-order valence-electron chi connectivity index (χ4n) is 1.43. The molecule has 0 aliphatic carbocycles. The van der Waals surface area contributed by atoms with Gasteiger partial charge in [0.05, 0.1) is 12.9 Å². The fraction of sp³-hybridized carbons (Fsp3) is 0.429. The van der Waals surface area contributed by atoms with E-state index in [1.165, 1.54) is 23.8 Å². The van der Waals surface area contributed by atoms with Gasteiger partial charge in [0.25, 0.3) is 0 Å². The molecule has 1 unspecified atom stereocenters. The molecule has 1 rings (SSSR count). The molecule has 0 saturated heterocycles. The molecule has 0 bridgehead atoms. The van der Waals surface area contributed by atoms with Gasteiger partial charge in [-0.15, -0.1) is 0 Å². The van der Waals surface area contributed by atoms with Crippen LogP contribution in [0.4, 0.5) is 0 Å². The second-order valence-corrected chi connectivity index (χ2v) is 3.85. The molecule has 16 heavy (non-hydrogen) atoms. The molecule has 0 spiro atoms. The van der Waals surface area contributed by atoms with Gasteiger partial charge in [-0.05, 0) is 23.5 Å². The summed E-state index contributed by atoms with van der Waals surface area (Å²) in [5, 5.41) is 0. The normalized spacial score (nSPS) is 12.1. The van der Waals surface area contributed by atoms with Crippen LogP contribution in [0, 0.1) is 0 Å². The van der Waals surface area contributed by atoms with Gasteiger partial charge in [-0.3, -0.25) is 0 Å². The minimum absolute atomic E-state index is 0.261. The highest BCUT2D eigenvalue weighted by atomic mass is 16.7. The molecule has 2 heteroatoms. The van der Waals surface area contributed by atoms with Gasteiger partial charge in [-0.25, -0.2) is 0 Å². The first-order chi connectivity index (χ1) is 7.77. The van der Waals surface area contributed by atoms with E-state index in [2.05, 4.69) is 44.7 Å². The molecule has 0 heterocycles. The van der Waals surface area contributed by atoms with E-state index in [0.717, 1.165) is 0 Å². The minimum atomic E-state index is 0.261. The quantitative estimate of drug-likeness (QED) is 0.395. The molecule has 0 fully saturated rings. The maximum Gasteiger partial charge on any atom is 0.188 e. The Bertz CT molecular complexity index is 303. The third kappa shape index (κ3) is 4.07. The van der Waals surface area contributed by atoms with E-state index in [9.17, 15) is 0 Å². The van der Waals surface area contributed by atoms with Crippen LogP contribution in [0.15, 0.2) is 37.1 Å². The van der Waals surface area contributed by atoms with Crippen molar-refractivity contribution in [2.75, 3.05) is 6.79 Å². The Hall–Kier alpha value is -1.28. The van der Waals surface area contributed by atoms with E-state index < -0.39 is 0 Å². The Balaban J connectivity index is 2.42. The lowest BCUT2D eigenvalue weighted by atomic mass is 9.98. The highest BCUT2D eigenvalue weighted by Gasteiger charge is 2.02. The molecule has 1 aromatic carbocycles. The average molecular weight is 220 g/mol. The molecule has 0 aromatic heterocycles. The predicted octanol–water partition coefficient (Wildman–Crippen LogP) is 3.83. The molecule has 0 aliphatic rings. The summed E-state index contributed by atoms with van der Waals surface area (Å²) in [5.74, 6) is 0.624. The molecule has 88 valence electrons. The van der Waals surface area contributed by atoms with E-state index >= 15 is 0 Å². The molecule has 0 saturated carbocycles. The van der Waals surface area contributed by atoms with Gasteiger partial charge in [-0.2, -0.15) is 0 Å². The van der Waals surface area contributed by atoms with Gasteiger partial charge in [0.1, 0.15) is 0 Å². The molecule has 0 amide bonds. The monoisotopic (exact) mass is 220 g/mol. The van der Waals surface area contributed by atoms with Crippen LogP contribution < -0.4 is 0 Å². The van der Waals surface area contributed by atoms with E-state index in [1.807, 2.05) is 0 Å². The van der Waals surface area contributed by atoms with Crippen LogP contribution >= 0.6 is 0 Å². The lowest BCUT2D eigenvalue weighted by Crippen LogP contribution is -1.97. The van der Waals surface area contributed by atoms with Crippen molar-refractivity contribution in [1.29, 1.82) is 0 Å². The van der Waals surface area contributed by atoms with Gasteiger partial charge in [0, 0.05) is 0 Å². The SMILES string of the molecule is C=COCOCc1ccc(C(C)CC)cc1. The summed E-state index contributed by atoms with van der Waals surface area (Å²) in [4.78, 5) is 0. The smallest absolute Gasteiger partial charge is 0.188 e. The van der Waals surface area contributed by atoms with Crippen LogP contribution in [0.3, 0.4) is 0 Å². The largest absolute Gasteiger partial charge is 0.476 e. The van der Waals surface area contributed by atoms with Crippen molar-refractivity contribution in [3.63, 3.8) is 0 Å². The van der Waals surface area contributed by atoms with Crippen LogP contribution in [-0.4, -0.2) is 6.79 Å². The van der Waals surface area contributed by atoms with Crippen molar-refractivity contribution in [1.82, 2.24) is 0 Å². The third-order valence-electron chi connectivity index (χ3n) is 2.70. The van der Waals surface area contributed by atoms with Crippen molar-refractivity contribution < 1.29 is 9.47 Å². The van der Waals surface area contributed by atoms with Gasteiger partial charge in [-0.1, -0.05) is 44.7 Å². The molecule has 1 atom stereocenters. The van der Waals surface area contributed by atoms with Crippen molar-refractivity contribution in [3.8, 4) is 0 Å². The highest BCUT2D eigenvalue weighted by molar-refractivity contribution is 5.24. The lowest BCUT2D eigenvalue weighted by molar-refractivity contribution is -0.0203. The minimum Gasteiger partial charge on any atom is -0.476 e. The first kappa shape index (κ1) is 12.8. The van der Waals surface area contributed by atoms with Gasteiger partial charge in [0.2, 0.25) is 0 Å². The molecular formula is C14H20O2. The summed E-state index contributed by atoms with van der Waals surface area (Å²) in [6.07, 6.45) is 2.55. The molecule has 1 aromatic rings. The first-order valence-corrected chi connectivity index (χ1v) is 5.67. The third-order valence-corrected chi connectivity index (χ3v) is 2.70. The second kappa shape index (κ2) is 7.07. The number of benzene rings is 1. The molecular weight excluding hydrogens is 200 g/mol.